The molecule has 1 aliphatic rings. The second-order valence-corrected chi connectivity index (χ2v) is 6.67. The van der Waals surface area contributed by atoms with Gasteiger partial charge in [-0.2, -0.15) is 0 Å². The van der Waals surface area contributed by atoms with Gasteiger partial charge in [0.1, 0.15) is 5.82 Å². The number of nitrogens with one attached hydrogen (secondary N) is 2. The van der Waals surface area contributed by atoms with Gasteiger partial charge in [0.05, 0.1) is 5.69 Å². The van der Waals surface area contributed by atoms with E-state index >= 15 is 0 Å². The first-order valence-corrected chi connectivity index (χ1v) is 8.66. The van der Waals surface area contributed by atoms with Gasteiger partial charge >= 0.3 is 0 Å². The number of carbonyl (C=O) groups is 1. The Bertz CT molecular complexity index is 645. The number of likely N-dealkylation sites (tertiary alicyclic amines) is 1. The first-order chi connectivity index (χ1) is 11.2. The van der Waals surface area contributed by atoms with Gasteiger partial charge in [0.25, 0.3) is 0 Å². The molecule has 1 fully saturated rings. The molecule has 0 unspecified atom stereocenters. The molecule has 0 saturated carbocycles. The summed E-state index contributed by atoms with van der Waals surface area (Å²) >= 11 is 1.48. The average molecular weight is 331 g/mol. The number of aromatic nitrogens is 2. The molecule has 0 radical (unpaired) electrons. The van der Waals surface area contributed by atoms with Gasteiger partial charge < -0.3 is 10.6 Å². The van der Waals surface area contributed by atoms with Crippen molar-refractivity contribution < 1.29 is 4.79 Å². The fourth-order valence-corrected chi connectivity index (χ4v) is 3.50. The van der Waals surface area contributed by atoms with Crippen molar-refractivity contribution in [2.24, 2.45) is 5.92 Å². The number of anilines is 2. The minimum Gasteiger partial charge on any atom is -0.370 e. The van der Waals surface area contributed by atoms with Gasteiger partial charge in [-0.1, -0.05) is 6.07 Å². The van der Waals surface area contributed by atoms with Crippen LogP contribution in [0.4, 0.5) is 10.9 Å². The van der Waals surface area contributed by atoms with Gasteiger partial charge in [0, 0.05) is 38.1 Å². The van der Waals surface area contributed by atoms with Crippen molar-refractivity contribution in [3.63, 3.8) is 0 Å². The third kappa shape index (κ3) is 4.74. The van der Waals surface area contributed by atoms with Gasteiger partial charge in [-0.05, 0) is 31.0 Å². The quantitative estimate of drug-likeness (QED) is 0.851. The lowest BCUT2D eigenvalue weighted by molar-refractivity contribution is -0.114. The van der Waals surface area contributed by atoms with Crippen LogP contribution in [-0.4, -0.2) is 40.4 Å². The molecule has 23 heavy (non-hydrogen) atoms. The van der Waals surface area contributed by atoms with E-state index in [9.17, 15) is 4.79 Å². The number of hydrogen-bond acceptors (Lipinski definition) is 6. The number of carbonyl (C=O) groups excluding carboxylic acids is 1. The zero-order valence-corrected chi connectivity index (χ0v) is 14.0. The van der Waals surface area contributed by atoms with Crippen molar-refractivity contribution in [3.8, 4) is 0 Å². The Morgan fingerprint density at radius 1 is 1.48 bits per heavy atom. The lowest BCUT2D eigenvalue weighted by Crippen LogP contribution is -2.23. The lowest BCUT2D eigenvalue weighted by Gasteiger charge is -2.15. The molecule has 1 atom stereocenters. The fraction of sp³-hybridized carbons (Fsp3) is 0.438. The molecular formula is C16H21N5OS. The van der Waals surface area contributed by atoms with E-state index in [4.69, 9.17) is 0 Å². The summed E-state index contributed by atoms with van der Waals surface area (Å²) in [6.07, 6.45) is 2.99. The van der Waals surface area contributed by atoms with Crippen LogP contribution in [0.2, 0.25) is 0 Å². The molecule has 6 nitrogen and oxygen atoms in total. The Morgan fingerprint density at radius 3 is 3.17 bits per heavy atom. The highest BCUT2D eigenvalue weighted by molar-refractivity contribution is 7.13. The molecule has 3 rings (SSSR count). The van der Waals surface area contributed by atoms with Crippen LogP contribution in [0, 0.1) is 5.92 Å². The van der Waals surface area contributed by atoms with E-state index in [-0.39, 0.29) is 5.91 Å². The molecule has 1 saturated heterocycles. The predicted octanol–water partition coefficient (Wildman–Crippen LogP) is 2.43. The molecule has 2 N–H and O–H groups in total. The zero-order chi connectivity index (χ0) is 16.1. The topological polar surface area (TPSA) is 70.2 Å². The summed E-state index contributed by atoms with van der Waals surface area (Å²) < 4.78 is 0. The molecule has 1 amide bonds. The van der Waals surface area contributed by atoms with E-state index in [1.807, 2.05) is 23.6 Å². The molecule has 3 heterocycles. The van der Waals surface area contributed by atoms with Crippen molar-refractivity contribution >= 4 is 28.2 Å². The molecule has 7 heteroatoms. The molecule has 1 aliphatic heterocycles. The van der Waals surface area contributed by atoms with Crippen molar-refractivity contribution in [1.29, 1.82) is 0 Å². The fourth-order valence-electron chi connectivity index (χ4n) is 2.76. The first kappa shape index (κ1) is 15.9. The van der Waals surface area contributed by atoms with Gasteiger partial charge in [-0.3, -0.25) is 9.69 Å². The maximum Gasteiger partial charge on any atom is 0.223 e. The summed E-state index contributed by atoms with van der Waals surface area (Å²) in [7, 11) is 0. The molecular weight excluding hydrogens is 310 g/mol. The number of hydrogen-bond donors (Lipinski definition) is 2. The monoisotopic (exact) mass is 331 g/mol. The normalized spacial score (nSPS) is 18.0. The van der Waals surface area contributed by atoms with Gasteiger partial charge in [0.2, 0.25) is 5.91 Å². The minimum atomic E-state index is -0.0762. The standard InChI is InChI=1S/C16H21N5OS/c1-12(22)19-16-20-14(11-23-16)10-21-7-5-13(9-21)8-18-15-4-2-3-6-17-15/h2-4,6,11,13H,5,7-10H2,1H3,(H,17,18)(H,19,20,22)/t13-/m1/s1. The van der Waals surface area contributed by atoms with E-state index in [0.29, 0.717) is 11.0 Å². The van der Waals surface area contributed by atoms with Crippen LogP contribution in [0.15, 0.2) is 29.8 Å². The van der Waals surface area contributed by atoms with E-state index in [2.05, 4.69) is 25.5 Å². The van der Waals surface area contributed by atoms with Crippen molar-refractivity contribution in [1.82, 2.24) is 14.9 Å². The minimum absolute atomic E-state index is 0.0762. The summed E-state index contributed by atoms with van der Waals surface area (Å²) in [6, 6.07) is 5.91. The Kier molecular flexibility index (Phi) is 5.19. The second-order valence-electron chi connectivity index (χ2n) is 5.81. The third-order valence-corrected chi connectivity index (χ3v) is 4.63. The summed E-state index contributed by atoms with van der Waals surface area (Å²) in [5, 5.41) is 8.83. The van der Waals surface area contributed by atoms with Crippen molar-refractivity contribution in [2.45, 2.75) is 19.9 Å². The van der Waals surface area contributed by atoms with E-state index < -0.39 is 0 Å². The number of rotatable bonds is 6. The van der Waals surface area contributed by atoms with Crippen LogP contribution in [0.3, 0.4) is 0 Å². The molecule has 0 aliphatic carbocycles. The predicted molar refractivity (Wildman–Crippen MR) is 92.5 cm³/mol. The highest BCUT2D eigenvalue weighted by atomic mass is 32.1. The van der Waals surface area contributed by atoms with Crippen molar-refractivity contribution in [2.75, 3.05) is 30.3 Å². The Hall–Kier alpha value is -1.99. The van der Waals surface area contributed by atoms with Crippen molar-refractivity contribution in [3.05, 3.63) is 35.5 Å². The maximum absolute atomic E-state index is 11.0. The largest absolute Gasteiger partial charge is 0.370 e. The van der Waals surface area contributed by atoms with Gasteiger partial charge in [-0.25, -0.2) is 9.97 Å². The molecule has 0 aromatic carbocycles. The Balaban J connectivity index is 1.44. The molecule has 2 aromatic rings. The highest BCUT2D eigenvalue weighted by Crippen LogP contribution is 2.21. The highest BCUT2D eigenvalue weighted by Gasteiger charge is 2.23. The van der Waals surface area contributed by atoms with Crippen LogP contribution in [0.1, 0.15) is 19.0 Å². The summed E-state index contributed by atoms with van der Waals surface area (Å²) in [5.41, 5.74) is 1.03. The van der Waals surface area contributed by atoms with Gasteiger partial charge in [-0.15, -0.1) is 11.3 Å². The average Bonchev–Trinajstić information content (AvgIpc) is 3.16. The first-order valence-electron chi connectivity index (χ1n) is 7.78. The summed E-state index contributed by atoms with van der Waals surface area (Å²) in [4.78, 5) is 22.2. The zero-order valence-electron chi connectivity index (χ0n) is 13.2. The van der Waals surface area contributed by atoms with Crippen LogP contribution >= 0.6 is 11.3 Å². The second kappa shape index (κ2) is 7.52. The smallest absolute Gasteiger partial charge is 0.223 e. The molecule has 122 valence electrons. The summed E-state index contributed by atoms with van der Waals surface area (Å²) in [5.74, 6) is 1.49. The van der Waals surface area contributed by atoms with Crippen LogP contribution in [0.25, 0.3) is 0 Å². The Morgan fingerprint density at radius 2 is 2.39 bits per heavy atom. The molecule has 2 aromatic heterocycles. The third-order valence-electron chi connectivity index (χ3n) is 3.83. The van der Waals surface area contributed by atoms with Crippen LogP contribution < -0.4 is 10.6 Å². The number of nitrogens with zero attached hydrogens (tertiary/aromatic N) is 3. The SMILES string of the molecule is CC(=O)Nc1nc(CN2CC[C@H](CNc3ccccn3)C2)cs1. The number of pyridine rings is 1. The van der Waals surface area contributed by atoms with Gasteiger partial charge in [0.15, 0.2) is 5.13 Å². The van der Waals surface area contributed by atoms with E-state index in [1.165, 1.54) is 24.7 Å². The molecule has 0 bridgehead atoms. The van der Waals surface area contributed by atoms with E-state index in [0.717, 1.165) is 37.7 Å². The number of amides is 1. The van der Waals surface area contributed by atoms with Crippen LogP contribution in [0.5, 0.6) is 0 Å². The molecule has 0 spiro atoms. The lowest BCUT2D eigenvalue weighted by atomic mass is 10.1. The number of thiazole rings is 1. The summed E-state index contributed by atoms with van der Waals surface area (Å²) in [6.45, 7) is 5.44. The van der Waals surface area contributed by atoms with Crippen LogP contribution in [-0.2, 0) is 11.3 Å². The Labute approximate surface area is 140 Å². The maximum atomic E-state index is 11.0. The van der Waals surface area contributed by atoms with E-state index in [1.54, 1.807) is 6.20 Å².